The number of nitrogens with zero attached hydrogens (tertiary/aromatic N) is 1. The minimum absolute atomic E-state index is 0.0694. The largest absolute Gasteiger partial charge is 0.372 e. The molecule has 2 unspecified atom stereocenters. The fraction of sp³-hybridized carbons (Fsp3) is 1.00. The van der Waals surface area contributed by atoms with E-state index in [2.05, 4.69) is 4.90 Å². The van der Waals surface area contributed by atoms with Crippen LogP contribution in [0.15, 0.2) is 0 Å². The van der Waals surface area contributed by atoms with Gasteiger partial charge in [0.15, 0.2) is 0 Å². The van der Waals surface area contributed by atoms with Crippen LogP contribution >= 0.6 is 0 Å². The van der Waals surface area contributed by atoms with Gasteiger partial charge < -0.3 is 20.1 Å². The van der Waals surface area contributed by atoms with Crippen molar-refractivity contribution in [1.82, 2.24) is 4.90 Å². The standard InChI is InChI=1S/C8H16N2O2/c1-10(2)6-4-12-7-5(9)3-11-8(6)7/h5-8H,3-4,9H2,1-2H3/t5-,6-,7?,8?/m0/s1. The molecule has 4 nitrogen and oxygen atoms in total. The highest BCUT2D eigenvalue weighted by Gasteiger charge is 2.46. The normalized spacial score (nSPS) is 47.0. The van der Waals surface area contributed by atoms with Gasteiger partial charge in [0.1, 0.15) is 12.2 Å². The van der Waals surface area contributed by atoms with Crippen molar-refractivity contribution in [2.24, 2.45) is 5.73 Å². The Kier molecular flexibility index (Phi) is 2.08. The maximum Gasteiger partial charge on any atom is 0.103 e. The molecule has 0 aromatic rings. The molecule has 0 amide bonds. The van der Waals surface area contributed by atoms with E-state index >= 15 is 0 Å². The molecule has 0 saturated carbocycles. The topological polar surface area (TPSA) is 47.7 Å². The van der Waals surface area contributed by atoms with Crippen molar-refractivity contribution in [1.29, 1.82) is 0 Å². The maximum atomic E-state index is 5.81. The molecule has 0 aromatic carbocycles. The summed E-state index contributed by atoms with van der Waals surface area (Å²) in [6, 6.07) is 0.448. The monoisotopic (exact) mass is 172 g/mol. The van der Waals surface area contributed by atoms with E-state index < -0.39 is 0 Å². The van der Waals surface area contributed by atoms with E-state index in [0.717, 1.165) is 6.61 Å². The third-order valence-corrected chi connectivity index (χ3v) is 2.73. The van der Waals surface area contributed by atoms with Gasteiger partial charge in [-0.15, -0.1) is 0 Å². The number of hydrogen-bond acceptors (Lipinski definition) is 4. The van der Waals surface area contributed by atoms with E-state index in [-0.39, 0.29) is 18.2 Å². The quantitative estimate of drug-likeness (QED) is 0.553. The first-order valence-corrected chi connectivity index (χ1v) is 4.35. The second kappa shape index (κ2) is 2.96. The molecule has 2 aliphatic heterocycles. The van der Waals surface area contributed by atoms with E-state index in [0.29, 0.717) is 12.6 Å². The van der Waals surface area contributed by atoms with Gasteiger partial charge in [-0.25, -0.2) is 0 Å². The molecule has 70 valence electrons. The average molecular weight is 172 g/mol. The van der Waals surface area contributed by atoms with Gasteiger partial charge in [0, 0.05) is 0 Å². The molecule has 2 rings (SSSR count). The van der Waals surface area contributed by atoms with Crippen LogP contribution in [0.4, 0.5) is 0 Å². The molecule has 12 heavy (non-hydrogen) atoms. The lowest BCUT2D eigenvalue weighted by molar-refractivity contribution is 0.0538. The smallest absolute Gasteiger partial charge is 0.103 e. The Morgan fingerprint density at radius 2 is 1.83 bits per heavy atom. The SMILES string of the molecule is CN(C)[C@H]1COC2C1OC[C@@H]2N. The van der Waals surface area contributed by atoms with Crippen molar-refractivity contribution in [3.05, 3.63) is 0 Å². The van der Waals surface area contributed by atoms with Crippen LogP contribution in [-0.2, 0) is 9.47 Å². The van der Waals surface area contributed by atoms with Crippen LogP contribution in [-0.4, -0.2) is 56.5 Å². The highest BCUT2D eigenvalue weighted by atomic mass is 16.6. The van der Waals surface area contributed by atoms with Gasteiger partial charge in [0.05, 0.1) is 25.3 Å². The molecule has 0 aliphatic carbocycles. The van der Waals surface area contributed by atoms with Crippen LogP contribution in [0.2, 0.25) is 0 Å². The van der Waals surface area contributed by atoms with Gasteiger partial charge in [-0.1, -0.05) is 0 Å². The lowest BCUT2D eigenvalue weighted by atomic mass is 10.1. The number of hydrogen-bond donors (Lipinski definition) is 1. The third kappa shape index (κ3) is 1.15. The maximum absolute atomic E-state index is 5.81. The summed E-state index contributed by atoms with van der Waals surface area (Å²) in [4.78, 5) is 2.14. The summed E-state index contributed by atoms with van der Waals surface area (Å²) >= 11 is 0. The van der Waals surface area contributed by atoms with Crippen LogP contribution in [0.1, 0.15) is 0 Å². The molecule has 0 bridgehead atoms. The minimum atomic E-state index is 0.0694. The second-order valence-electron chi connectivity index (χ2n) is 3.79. The number of fused-ring (bicyclic) bond motifs is 1. The van der Waals surface area contributed by atoms with Crippen LogP contribution in [0.3, 0.4) is 0 Å². The Balaban J connectivity index is 2.05. The van der Waals surface area contributed by atoms with E-state index in [4.69, 9.17) is 15.2 Å². The van der Waals surface area contributed by atoms with Crippen molar-refractivity contribution in [2.75, 3.05) is 27.3 Å². The summed E-state index contributed by atoms with van der Waals surface area (Å²) in [7, 11) is 4.09. The summed E-state index contributed by atoms with van der Waals surface area (Å²) in [6.07, 6.45) is 0.312. The molecule has 0 aromatic heterocycles. The van der Waals surface area contributed by atoms with Gasteiger partial charge in [-0.3, -0.25) is 0 Å². The molecule has 2 N–H and O–H groups in total. The van der Waals surface area contributed by atoms with Gasteiger partial charge in [0.25, 0.3) is 0 Å². The van der Waals surface area contributed by atoms with Crippen LogP contribution in [0, 0.1) is 0 Å². The molecule has 0 spiro atoms. The van der Waals surface area contributed by atoms with E-state index in [9.17, 15) is 0 Å². The van der Waals surface area contributed by atoms with Gasteiger partial charge in [0.2, 0.25) is 0 Å². The molecule has 4 heteroatoms. The van der Waals surface area contributed by atoms with Crippen LogP contribution < -0.4 is 5.73 Å². The second-order valence-corrected chi connectivity index (χ2v) is 3.79. The van der Waals surface area contributed by atoms with Crippen molar-refractivity contribution >= 4 is 0 Å². The zero-order valence-electron chi connectivity index (χ0n) is 7.56. The fourth-order valence-corrected chi connectivity index (χ4v) is 1.95. The fourth-order valence-electron chi connectivity index (χ4n) is 1.95. The van der Waals surface area contributed by atoms with Crippen molar-refractivity contribution in [3.63, 3.8) is 0 Å². The molecule has 0 radical (unpaired) electrons. The Hall–Kier alpha value is -0.160. The Morgan fingerprint density at radius 3 is 2.50 bits per heavy atom. The predicted octanol–water partition coefficient (Wildman–Crippen LogP) is -0.958. The van der Waals surface area contributed by atoms with Crippen molar-refractivity contribution < 1.29 is 9.47 Å². The van der Waals surface area contributed by atoms with E-state index in [1.807, 2.05) is 14.1 Å². The first kappa shape index (κ1) is 8.44. The first-order valence-electron chi connectivity index (χ1n) is 4.35. The average Bonchev–Trinajstić information content (AvgIpc) is 2.53. The lowest BCUT2D eigenvalue weighted by Gasteiger charge is -2.22. The number of nitrogens with two attached hydrogens (primary N) is 1. The summed E-state index contributed by atoms with van der Waals surface area (Å²) in [5.41, 5.74) is 5.81. The first-order chi connectivity index (χ1) is 5.70. The Labute approximate surface area is 72.6 Å². The summed E-state index contributed by atoms with van der Waals surface area (Å²) < 4.78 is 11.1. The Morgan fingerprint density at radius 1 is 1.17 bits per heavy atom. The lowest BCUT2D eigenvalue weighted by Crippen LogP contribution is -2.41. The van der Waals surface area contributed by atoms with Crippen LogP contribution in [0.25, 0.3) is 0 Å². The van der Waals surface area contributed by atoms with Crippen molar-refractivity contribution in [3.8, 4) is 0 Å². The van der Waals surface area contributed by atoms with E-state index in [1.165, 1.54) is 0 Å². The predicted molar refractivity (Wildman–Crippen MR) is 44.9 cm³/mol. The van der Waals surface area contributed by atoms with Crippen molar-refractivity contribution in [2.45, 2.75) is 24.3 Å². The molecule has 2 saturated heterocycles. The highest BCUT2D eigenvalue weighted by Crippen LogP contribution is 2.27. The highest BCUT2D eigenvalue weighted by molar-refractivity contribution is 4.99. The van der Waals surface area contributed by atoms with E-state index in [1.54, 1.807) is 0 Å². The summed E-state index contributed by atoms with van der Waals surface area (Å²) in [5.74, 6) is 0. The number of likely N-dealkylation sites (N-methyl/N-ethyl adjacent to an activating group) is 1. The number of rotatable bonds is 1. The minimum Gasteiger partial charge on any atom is -0.372 e. The zero-order chi connectivity index (χ0) is 8.72. The zero-order valence-corrected chi connectivity index (χ0v) is 7.56. The van der Waals surface area contributed by atoms with Gasteiger partial charge >= 0.3 is 0 Å². The summed E-state index contributed by atoms with van der Waals surface area (Å²) in [5, 5.41) is 0. The molecular formula is C8H16N2O2. The molecule has 4 atom stereocenters. The molecule has 2 aliphatic rings. The van der Waals surface area contributed by atoms with Gasteiger partial charge in [-0.2, -0.15) is 0 Å². The number of ether oxygens (including phenoxy) is 2. The Bertz CT molecular complexity index is 174. The van der Waals surface area contributed by atoms with Crippen LogP contribution in [0.5, 0.6) is 0 Å². The van der Waals surface area contributed by atoms with Gasteiger partial charge in [-0.05, 0) is 14.1 Å². The molecule has 2 fully saturated rings. The molecular weight excluding hydrogens is 156 g/mol. The molecule has 2 heterocycles. The summed E-state index contributed by atoms with van der Waals surface area (Å²) in [6.45, 7) is 1.38. The third-order valence-electron chi connectivity index (χ3n) is 2.73.